The maximum Gasteiger partial charge on any atom is 0.349 e. The minimum atomic E-state index is -0.741. The summed E-state index contributed by atoms with van der Waals surface area (Å²) in [7, 11) is 0. The highest BCUT2D eigenvalue weighted by Crippen LogP contribution is 2.21. The van der Waals surface area contributed by atoms with Gasteiger partial charge in [-0.2, -0.15) is 0 Å². The predicted molar refractivity (Wildman–Crippen MR) is 121 cm³/mol. The maximum absolute atomic E-state index is 12.3. The number of aryl methyl sites for hydroxylation is 1. The third kappa shape index (κ3) is 6.20. The van der Waals surface area contributed by atoms with Crippen molar-refractivity contribution in [3.05, 3.63) is 70.1 Å². The van der Waals surface area contributed by atoms with E-state index in [1.54, 1.807) is 12.1 Å². The van der Waals surface area contributed by atoms with E-state index in [0.717, 1.165) is 17.7 Å². The molecule has 3 aromatic rings. The summed E-state index contributed by atoms with van der Waals surface area (Å²) in [6.07, 6.45) is 1.43. The van der Waals surface area contributed by atoms with Crippen LogP contribution in [0.4, 0.5) is 0 Å². The van der Waals surface area contributed by atoms with E-state index in [4.69, 9.17) is 13.9 Å². The van der Waals surface area contributed by atoms with Gasteiger partial charge in [0, 0.05) is 23.9 Å². The maximum atomic E-state index is 12.3. The first-order chi connectivity index (χ1) is 15.4. The molecule has 2 aromatic carbocycles. The van der Waals surface area contributed by atoms with E-state index in [1.165, 1.54) is 12.1 Å². The fourth-order valence-electron chi connectivity index (χ4n) is 3.01. The van der Waals surface area contributed by atoms with Gasteiger partial charge in [0.25, 0.3) is 5.91 Å². The number of nitrogens with one attached hydrogen (secondary N) is 1. The molecule has 0 spiro atoms. The Hall–Kier alpha value is -3.61. The molecular weight excluding hydrogens is 410 g/mol. The van der Waals surface area contributed by atoms with Crippen molar-refractivity contribution < 1.29 is 23.5 Å². The molecule has 0 aliphatic rings. The highest BCUT2D eigenvalue weighted by Gasteiger charge is 2.16. The highest BCUT2D eigenvalue weighted by atomic mass is 16.5. The summed E-state index contributed by atoms with van der Waals surface area (Å²) in [5.41, 5.74) is 0.544. The van der Waals surface area contributed by atoms with Crippen LogP contribution >= 0.6 is 0 Å². The molecule has 7 nitrogen and oxygen atoms in total. The number of carbonyl (C=O) groups is 2. The lowest BCUT2D eigenvalue weighted by Crippen LogP contribution is -2.34. The summed E-state index contributed by atoms with van der Waals surface area (Å²) in [5, 5.41) is 3.31. The molecular formula is C25H27NO6. The topological polar surface area (TPSA) is 94.8 Å². The van der Waals surface area contributed by atoms with Crippen molar-refractivity contribution in [2.24, 2.45) is 0 Å². The van der Waals surface area contributed by atoms with E-state index >= 15 is 0 Å². The molecule has 0 aliphatic heterocycles. The Kier molecular flexibility index (Phi) is 7.65. The van der Waals surface area contributed by atoms with E-state index in [1.807, 2.05) is 45.0 Å². The van der Waals surface area contributed by atoms with E-state index in [9.17, 15) is 14.4 Å². The van der Waals surface area contributed by atoms with Crippen molar-refractivity contribution in [2.45, 2.75) is 46.1 Å². The Bertz CT molecular complexity index is 1170. The lowest BCUT2D eigenvalue weighted by Gasteiger charge is -2.11. The molecule has 0 aliphatic carbocycles. The Labute approximate surface area is 186 Å². The molecule has 1 heterocycles. The van der Waals surface area contributed by atoms with Crippen molar-refractivity contribution >= 4 is 22.8 Å². The number of fused-ring (bicyclic) bond motifs is 1. The molecule has 3 rings (SSSR count). The molecule has 1 N–H and O–H groups in total. The van der Waals surface area contributed by atoms with E-state index in [0.29, 0.717) is 18.4 Å². The zero-order valence-corrected chi connectivity index (χ0v) is 18.5. The van der Waals surface area contributed by atoms with Gasteiger partial charge in [0.1, 0.15) is 22.6 Å². The normalized spacial score (nSPS) is 11.7. The van der Waals surface area contributed by atoms with Crippen LogP contribution < -0.4 is 20.4 Å². The molecule has 1 atom stereocenters. The summed E-state index contributed by atoms with van der Waals surface area (Å²) in [4.78, 5) is 36.6. The highest BCUT2D eigenvalue weighted by molar-refractivity contribution is 5.97. The van der Waals surface area contributed by atoms with Gasteiger partial charge in [-0.25, -0.2) is 4.79 Å². The zero-order chi connectivity index (χ0) is 23.1. The van der Waals surface area contributed by atoms with Gasteiger partial charge in [0.2, 0.25) is 0 Å². The van der Waals surface area contributed by atoms with Gasteiger partial charge < -0.3 is 19.2 Å². The summed E-state index contributed by atoms with van der Waals surface area (Å²) in [5.74, 6) is 0.143. The van der Waals surface area contributed by atoms with Crippen molar-refractivity contribution in [1.29, 1.82) is 0 Å². The molecule has 1 unspecified atom stereocenters. The Balaban J connectivity index is 1.58. The van der Waals surface area contributed by atoms with Crippen LogP contribution in [-0.4, -0.2) is 24.5 Å². The smallest absolute Gasteiger partial charge is 0.349 e. The molecule has 0 saturated heterocycles. The fourth-order valence-corrected chi connectivity index (χ4v) is 3.01. The second kappa shape index (κ2) is 10.6. The van der Waals surface area contributed by atoms with Crippen LogP contribution in [0.15, 0.2) is 57.7 Å². The minimum absolute atomic E-state index is 0.0541. The molecule has 168 valence electrons. The largest absolute Gasteiger partial charge is 0.494 e. The molecule has 7 heteroatoms. The van der Waals surface area contributed by atoms with Gasteiger partial charge in [-0.15, -0.1) is 0 Å². The number of benzene rings is 2. The zero-order valence-electron chi connectivity index (χ0n) is 18.5. The monoisotopic (exact) mass is 437 g/mol. The van der Waals surface area contributed by atoms with E-state index < -0.39 is 17.5 Å². The average Bonchev–Trinajstić information content (AvgIpc) is 2.76. The lowest BCUT2D eigenvalue weighted by atomic mass is 10.1. The first-order valence-electron chi connectivity index (χ1n) is 10.6. The summed E-state index contributed by atoms with van der Waals surface area (Å²) in [6.45, 7) is 6.18. The van der Waals surface area contributed by atoms with Crippen molar-refractivity contribution in [1.82, 2.24) is 5.32 Å². The number of rotatable bonds is 9. The minimum Gasteiger partial charge on any atom is -0.494 e. The summed E-state index contributed by atoms with van der Waals surface area (Å²) in [6, 6.07) is 13.8. The van der Waals surface area contributed by atoms with Gasteiger partial charge in [-0.3, -0.25) is 9.59 Å². The standard InChI is InChI=1S/C25H27NO6/c1-4-17(3)26-24(28)21-14-18-10-11-20(15-22(18)32-25(21)29)31-23(27)9-6-12-30-19-8-5-7-16(2)13-19/h5,7-8,10-11,13-15,17H,4,6,9,12H2,1-3H3,(H,26,28). The SMILES string of the molecule is CCC(C)NC(=O)c1cc2ccc(OC(=O)CCCOc3cccc(C)c3)cc2oc1=O. The lowest BCUT2D eigenvalue weighted by molar-refractivity contribution is -0.134. The Morgan fingerprint density at radius 1 is 1.09 bits per heavy atom. The molecule has 0 saturated carbocycles. The summed E-state index contributed by atoms with van der Waals surface area (Å²) < 4.78 is 16.3. The van der Waals surface area contributed by atoms with Crippen LogP contribution in [0.2, 0.25) is 0 Å². The van der Waals surface area contributed by atoms with Gasteiger partial charge in [-0.1, -0.05) is 19.1 Å². The first-order valence-corrected chi connectivity index (χ1v) is 10.6. The molecule has 1 aromatic heterocycles. The van der Waals surface area contributed by atoms with E-state index in [-0.39, 0.29) is 29.4 Å². The van der Waals surface area contributed by atoms with E-state index in [2.05, 4.69) is 5.32 Å². The molecule has 0 bridgehead atoms. The number of esters is 1. The van der Waals surface area contributed by atoms with Crippen molar-refractivity contribution in [2.75, 3.05) is 6.61 Å². The number of hydrogen-bond donors (Lipinski definition) is 1. The second-order valence-corrected chi connectivity index (χ2v) is 7.67. The van der Waals surface area contributed by atoms with Crippen LogP contribution in [0.25, 0.3) is 11.0 Å². The van der Waals surface area contributed by atoms with Crippen LogP contribution in [-0.2, 0) is 4.79 Å². The predicted octanol–water partition coefficient (Wildman–Crippen LogP) is 4.39. The number of hydrogen-bond acceptors (Lipinski definition) is 6. The number of carbonyl (C=O) groups excluding carboxylic acids is 2. The quantitative estimate of drug-likeness (QED) is 0.231. The van der Waals surface area contributed by atoms with Crippen LogP contribution in [0.5, 0.6) is 11.5 Å². The first kappa shape index (κ1) is 23.1. The Morgan fingerprint density at radius 2 is 1.91 bits per heavy atom. The second-order valence-electron chi connectivity index (χ2n) is 7.67. The molecule has 32 heavy (non-hydrogen) atoms. The van der Waals surface area contributed by atoms with Gasteiger partial charge in [0.05, 0.1) is 6.61 Å². The van der Waals surface area contributed by atoms with Gasteiger partial charge >= 0.3 is 11.6 Å². The molecule has 0 radical (unpaired) electrons. The fraction of sp³-hybridized carbons (Fsp3) is 0.320. The molecule has 1 amide bonds. The third-order valence-corrected chi connectivity index (χ3v) is 4.96. The number of amides is 1. The van der Waals surface area contributed by atoms with Crippen LogP contribution in [0, 0.1) is 6.92 Å². The third-order valence-electron chi connectivity index (χ3n) is 4.96. The number of ether oxygens (including phenoxy) is 2. The van der Waals surface area contributed by atoms with Gasteiger partial charge in [-0.05, 0) is 62.6 Å². The van der Waals surface area contributed by atoms with Crippen LogP contribution in [0.1, 0.15) is 49.0 Å². The summed E-state index contributed by atoms with van der Waals surface area (Å²) >= 11 is 0. The van der Waals surface area contributed by atoms with Crippen LogP contribution in [0.3, 0.4) is 0 Å². The van der Waals surface area contributed by atoms with Crippen molar-refractivity contribution in [3.63, 3.8) is 0 Å². The Morgan fingerprint density at radius 3 is 2.66 bits per heavy atom. The average molecular weight is 437 g/mol. The molecule has 0 fully saturated rings. The van der Waals surface area contributed by atoms with Gasteiger partial charge in [0.15, 0.2) is 0 Å². The van der Waals surface area contributed by atoms with Crippen molar-refractivity contribution in [3.8, 4) is 11.5 Å².